The van der Waals surface area contributed by atoms with E-state index < -0.39 is 0 Å². The van der Waals surface area contributed by atoms with Crippen LogP contribution in [0.1, 0.15) is 30.8 Å². The first-order chi connectivity index (χ1) is 10.1. The molecule has 1 aromatic heterocycles. The van der Waals surface area contributed by atoms with Gasteiger partial charge in [-0.1, -0.05) is 13.8 Å². The van der Waals surface area contributed by atoms with Crippen LogP contribution in [0, 0.1) is 13.8 Å². The fraction of sp³-hybridized carbons (Fsp3) is 0.588. The van der Waals surface area contributed by atoms with Gasteiger partial charge in [0.15, 0.2) is 0 Å². The van der Waals surface area contributed by atoms with Crippen LogP contribution in [0.2, 0.25) is 0 Å². The van der Waals surface area contributed by atoms with Crippen molar-refractivity contribution >= 4 is 11.0 Å². The van der Waals surface area contributed by atoms with Crippen molar-refractivity contribution in [2.75, 3.05) is 32.7 Å². The maximum absolute atomic E-state index is 4.67. The molecule has 0 bridgehead atoms. The van der Waals surface area contributed by atoms with Crippen LogP contribution in [0.4, 0.5) is 0 Å². The minimum absolute atomic E-state index is 0.949. The molecule has 0 aliphatic carbocycles. The van der Waals surface area contributed by atoms with Gasteiger partial charge in [0.25, 0.3) is 0 Å². The molecule has 116 valence electrons. The quantitative estimate of drug-likeness (QED) is 0.734. The summed E-state index contributed by atoms with van der Waals surface area (Å²) in [5.74, 6) is 1.07. The lowest BCUT2D eigenvalue weighted by Crippen LogP contribution is -2.32. The van der Waals surface area contributed by atoms with Gasteiger partial charge in [0.05, 0.1) is 11.0 Å². The van der Waals surface area contributed by atoms with E-state index in [0.29, 0.717) is 0 Å². The maximum atomic E-state index is 4.67. The molecule has 0 unspecified atom stereocenters. The van der Waals surface area contributed by atoms with E-state index in [0.717, 1.165) is 56.0 Å². The molecule has 0 amide bonds. The molecule has 0 saturated carbocycles. The standard InChI is InChI=1S/C17H28N4/c1-5-21(6-2)10-9-18-8-7-17-19-15-11-13(3)14(4)12-16(15)20-17/h11-12,18H,5-10H2,1-4H3,(H,19,20). The van der Waals surface area contributed by atoms with Crippen molar-refractivity contribution in [1.29, 1.82) is 0 Å². The zero-order valence-electron chi connectivity index (χ0n) is 13.8. The molecule has 2 rings (SSSR count). The molecule has 0 saturated heterocycles. The number of nitrogens with one attached hydrogen (secondary N) is 2. The third-order valence-corrected chi connectivity index (χ3v) is 4.18. The van der Waals surface area contributed by atoms with Gasteiger partial charge in [-0.3, -0.25) is 0 Å². The number of likely N-dealkylation sites (N-methyl/N-ethyl adjacent to an activating group) is 1. The van der Waals surface area contributed by atoms with Gasteiger partial charge >= 0.3 is 0 Å². The number of aromatic nitrogens is 2. The summed E-state index contributed by atoms with van der Waals surface area (Å²) in [6, 6.07) is 4.35. The van der Waals surface area contributed by atoms with E-state index in [9.17, 15) is 0 Å². The summed E-state index contributed by atoms with van der Waals surface area (Å²) in [6.45, 7) is 14.1. The van der Waals surface area contributed by atoms with Gasteiger partial charge in [-0.2, -0.15) is 0 Å². The molecule has 0 spiro atoms. The molecule has 21 heavy (non-hydrogen) atoms. The van der Waals surface area contributed by atoms with Crippen LogP contribution in [0.3, 0.4) is 0 Å². The number of nitrogens with zero attached hydrogens (tertiary/aromatic N) is 2. The molecule has 4 nitrogen and oxygen atoms in total. The van der Waals surface area contributed by atoms with E-state index in [-0.39, 0.29) is 0 Å². The summed E-state index contributed by atoms with van der Waals surface area (Å²) in [5.41, 5.74) is 4.85. The lowest BCUT2D eigenvalue weighted by molar-refractivity contribution is 0.303. The number of hydrogen-bond donors (Lipinski definition) is 2. The molecule has 0 atom stereocenters. The van der Waals surface area contributed by atoms with E-state index in [2.05, 4.69) is 60.0 Å². The van der Waals surface area contributed by atoms with Gasteiger partial charge in [-0.25, -0.2) is 4.98 Å². The molecule has 0 aliphatic heterocycles. The minimum Gasteiger partial charge on any atom is -0.342 e. The van der Waals surface area contributed by atoms with Crippen LogP contribution in [-0.4, -0.2) is 47.6 Å². The fourth-order valence-electron chi connectivity index (χ4n) is 2.55. The summed E-state index contributed by atoms with van der Waals surface area (Å²) in [6.07, 6.45) is 0.949. The van der Waals surface area contributed by atoms with Gasteiger partial charge in [0.1, 0.15) is 5.82 Å². The molecule has 1 aromatic carbocycles. The van der Waals surface area contributed by atoms with Gasteiger partial charge < -0.3 is 15.2 Å². The maximum Gasteiger partial charge on any atom is 0.108 e. The third-order valence-electron chi connectivity index (χ3n) is 4.18. The zero-order chi connectivity index (χ0) is 15.2. The van der Waals surface area contributed by atoms with Crippen molar-refractivity contribution in [3.8, 4) is 0 Å². The predicted octanol–water partition coefficient (Wildman–Crippen LogP) is 2.65. The molecule has 0 fully saturated rings. The van der Waals surface area contributed by atoms with Crippen molar-refractivity contribution in [2.24, 2.45) is 0 Å². The fourth-order valence-corrected chi connectivity index (χ4v) is 2.55. The monoisotopic (exact) mass is 288 g/mol. The van der Waals surface area contributed by atoms with Gasteiger partial charge in [0.2, 0.25) is 0 Å². The highest BCUT2D eigenvalue weighted by atomic mass is 15.1. The first-order valence-corrected chi connectivity index (χ1v) is 8.03. The number of aromatic amines is 1. The minimum atomic E-state index is 0.949. The predicted molar refractivity (Wildman–Crippen MR) is 89.9 cm³/mol. The molecular weight excluding hydrogens is 260 g/mol. The molecule has 0 radical (unpaired) electrons. The Morgan fingerprint density at radius 2 is 1.81 bits per heavy atom. The zero-order valence-corrected chi connectivity index (χ0v) is 13.8. The van der Waals surface area contributed by atoms with Crippen molar-refractivity contribution in [3.63, 3.8) is 0 Å². The van der Waals surface area contributed by atoms with E-state index >= 15 is 0 Å². The average Bonchev–Trinajstić information content (AvgIpc) is 2.85. The number of rotatable bonds is 8. The summed E-state index contributed by atoms with van der Waals surface area (Å²) >= 11 is 0. The highest BCUT2D eigenvalue weighted by Crippen LogP contribution is 2.17. The number of fused-ring (bicyclic) bond motifs is 1. The van der Waals surface area contributed by atoms with E-state index in [1.165, 1.54) is 11.1 Å². The second-order valence-corrected chi connectivity index (χ2v) is 5.66. The van der Waals surface area contributed by atoms with Crippen LogP contribution in [0.15, 0.2) is 12.1 Å². The Labute approximate surface area is 128 Å². The highest BCUT2D eigenvalue weighted by molar-refractivity contribution is 5.77. The molecule has 2 N–H and O–H groups in total. The van der Waals surface area contributed by atoms with E-state index in [1.54, 1.807) is 0 Å². The summed E-state index contributed by atoms with van der Waals surface area (Å²) in [5, 5.41) is 3.50. The van der Waals surface area contributed by atoms with Crippen LogP contribution >= 0.6 is 0 Å². The Balaban J connectivity index is 1.81. The molecule has 2 aromatic rings. The van der Waals surface area contributed by atoms with Gasteiger partial charge in [0, 0.05) is 26.1 Å². The largest absolute Gasteiger partial charge is 0.342 e. The SMILES string of the molecule is CCN(CC)CCNCCc1nc2cc(C)c(C)cc2[nH]1. The first kappa shape index (κ1) is 16.0. The van der Waals surface area contributed by atoms with Crippen molar-refractivity contribution in [2.45, 2.75) is 34.1 Å². The van der Waals surface area contributed by atoms with Crippen LogP contribution in [0.5, 0.6) is 0 Å². The van der Waals surface area contributed by atoms with Gasteiger partial charge in [-0.15, -0.1) is 0 Å². The Kier molecular flexibility index (Phi) is 5.76. The van der Waals surface area contributed by atoms with Gasteiger partial charge in [-0.05, 0) is 50.2 Å². The van der Waals surface area contributed by atoms with Crippen molar-refractivity contribution < 1.29 is 0 Å². The first-order valence-electron chi connectivity index (χ1n) is 8.03. The average molecular weight is 288 g/mol. The van der Waals surface area contributed by atoms with Crippen LogP contribution < -0.4 is 5.32 Å². The third kappa shape index (κ3) is 4.29. The van der Waals surface area contributed by atoms with E-state index in [4.69, 9.17) is 0 Å². The highest BCUT2D eigenvalue weighted by Gasteiger charge is 2.05. The molecular formula is C17H28N4. The number of hydrogen-bond acceptors (Lipinski definition) is 3. The van der Waals surface area contributed by atoms with Crippen LogP contribution in [-0.2, 0) is 6.42 Å². The summed E-state index contributed by atoms with van der Waals surface area (Å²) in [7, 11) is 0. The Morgan fingerprint density at radius 3 is 2.52 bits per heavy atom. The summed E-state index contributed by atoms with van der Waals surface area (Å²) in [4.78, 5) is 10.5. The number of imidazole rings is 1. The lowest BCUT2D eigenvalue weighted by atomic mass is 10.1. The normalized spacial score (nSPS) is 11.7. The molecule has 0 aliphatic rings. The lowest BCUT2D eigenvalue weighted by Gasteiger charge is -2.17. The second-order valence-electron chi connectivity index (χ2n) is 5.66. The smallest absolute Gasteiger partial charge is 0.108 e. The summed E-state index contributed by atoms with van der Waals surface area (Å²) < 4.78 is 0. The second kappa shape index (κ2) is 7.57. The topological polar surface area (TPSA) is 44.0 Å². The Bertz CT molecular complexity index is 530. The number of H-pyrrole nitrogens is 1. The van der Waals surface area contributed by atoms with Crippen molar-refractivity contribution in [3.05, 3.63) is 29.1 Å². The number of aryl methyl sites for hydroxylation is 2. The van der Waals surface area contributed by atoms with Crippen LogP contribution in [0.25, 0.3) is 11.0 Å². The molecule has 4 heteroatoms. The Morgan fingerprint density at radius 1 is 1.10 bits per heavy atom. The van der Waals surface area contributed by atoms with E-state index in [1.807, 2.05) is 0 Å². The Hall–Kier alpha value is -1.39. The van der Waals surface area contributed by atoms with Crippen molar-refractivity contribution in [1.82, 2.24) is 20.2 Å². The number of benzene rings is 1. The molecule has 1 heterocycles.